The number of hydrogen-bond acceptors (Lipinski definition) is 3. The number of likely N-dealkylation sites (N-methyl/N-ethyl adjacent to an activating group) is 1. The highest BCUT2D eigenvalue weighted by molar-refractivity contribution is 5.85. The van der Waals surface area contributed by atoms with Crippen molar-refractivity contribution in [2.24, 2.45) is 5.73 Å². The lowest BCUT2D eigenvalue weighted by Crippen LogP contribution is -2.41. The third kappa shape index (κ3) is 6.50. The SMILES string of the molecule is CC(c1ccccc1)N(C)C(=O)CN(CCN)Cc1ccccc1.Cl. The Morgan fingerprint density at radius 2 is 1.60 bits per heavy atom. The Hall–Kier alpha value is -1.88. The molecular weight excluding hydrogens is 334 g/mol. The molecule has 0 fully saturated rings. The Morgan fingerprint density at radius 1 is 1.04 bits per heavy atom. The maximum absolute atomic E-state index is 12.7. The number of amides is 1. The molecule has 0 aliphatic carbocycles. The van der Waals surface area contributed by atoms with E-state index in [-0.39, 0.29) is 24.4 Å². The van der Waals surface area contributed by atoms with Crippen molar-refractivity contribution in [3.05, 3.63) is 71.8 Å². The largest absolute Gasteiger partial charge is 0.338 e. The zero-order chi connectivity index (χ0) is 17.4. The monoisotopic (exact) mass is 361 g/mol. The molecule has 0 aromatic heterocycles. The topological polar surface area (TPSA) is 49.6 Å². The van der Waals surface area contributed by atoms with Crippen molar-refractivity contribution in [1.29, 1.82) is 0 Å². The number of halogens is 1. The van der Waals surface area contributed by atoms with Gasteiger partial charge in [0.25, 0.3) is 0 Å². The Morgan fingerprint density at radius 3 is 2.16 bits per heavy atom. The van der Waals surface area contributed by atoms with Crippen LogP contribution in [-0.4, -0.2) is 42.4 Å². The van der Waals surface area contributed by atoms with Gasteiger partial charge in [-0.3, -0.25) is 9.69 Å². The molecule has 1 atom stereocenters. The third-order valence-corrected chi connectivity index (χ3v) is 4.31. The zero-order valence-electron chi connectivity index (χ0n) is 15.0. The second-order valence-corrected chi connectivity index (χ2v) is 6.08. The van der Waals surface area contributed by atoms with Crippen LogP contribution in [0.1, 0.15) is 24.1 Å². The lowest BCUT2D eigenvalue weighted by molar-refractivity contribution is -0.133. The molecule has 25 heavy (non-hydrogen) atoms. The van der Waals surface area contributed by atoms with Gasteiger partial charge in [-0.15, -0.1) is 12.4 Å². The quantitative estimate of drug-likeness (QED) is 0.786. The van der Waals surface area contributed by atoms with Gasteiger partial charge in [0.2, 0.25) is 5.91 Å². The van der Waals surface area contributed by atoms with Gasteiger partial charge < -0.3 is 10.6 Å². The number of hydrogen-bond donors (Lipinski definition) is 1. The number of carbonyl (C=O) groups is 1. The number of benzene rings is 2. The highest BCUT2D eigenvalue weighted by atomic mass is 35.5. The fraction of sp³-hybridized carbons (Fsp3) is 0.350. The second-order valence-electron chi connectivity index (χ2n) is 6.08. The van der Waals surface area contributed by atoms with Crippen molar-refractivity contribution in [1.82, 2.24) is 9.80 Å². The van der Waals surface area contributed by atoms with Gasteiger partial charge in [-0.1, -0.05) is 60.7 Å². The summed E-state index contributed by atoms with van der Waals surface area (Å²) >= 11 is 0. The van der Waals surface area contributed by atoms with E-state index in [1.54, 1.807) is 0 Å². The van der Waals surface area contributed by atoms with Crippen molar-refractivity contribution in [3.8, 4) is 0 Å². The first-order valence-electron chi connectivity index (χ1n) is 8.38. The van der Waals surface area contributed by atoms with Gasteiger partial charge in [-0.25, -0.2) is 0 Å². The van der Waals surface area contributed by atoms with Crippen LogP contribution in [-0.2, 0) is 11.3 Å². The fourth-order valence-corrected chi connectivity index (χ4v) is 2.71. The van der Waals surface area contributed by atoms with E-state index in [2.05, 4.69) is 36.1 Å². The summed E-state index contributed by atoms with van der Waals surface area (Å²) in [6.07, 6.45) is 0. The molecule has 0 spiro atoms. The van der Waals surface area contributed by atoms with Crippen LogP contribution in [0.4, 0.5) is 0 Å². The van der Waals surface area contributed by atoms with Gasteiger partial charge in [0.15, 0.2) is 0 Å². The van der Waals surface area contributed by atoms with Gasteiger partial charge in [-0.05, 0) is 18.1 Å². The Labute approximate surface area is 157 Å². The van der Waals surface area contributed by atoms with Crippen LogP contribution in [0.25, 0.3) is 0 Å². The molecule has 1 unspecified atom stereocenters. The van der Waals surface area contributed by atoms with Crippen molar-refractivity contribution in [3.63, 3.8) is 0 Å². The maximum Gasteiger partial charge on any atom is 0.237 e. The average molecular weight is 362 g/mol. The first-order chi connectivity index (χ1) is 11.6. The molecule has 0 aliphatic rings. The van der Waals surface area contributed by atoms with E-state index in [1.165, 1.54) is 5.56 Å². The Kier molecular flexibility index (Phi) is 9.21. The van der Waals surface area contributed by atoms with Crippen LogP contribution in [0.5, 0.6) is 0 Å². The molecule has 136 valence electrons. The molecule has 0 heterocycles. The first-order valence-corrected chi connectivity index (χ1v) is 8.38. The van der Waals surface area contributed by atoms with Crippen LogP contribution in [0.15, 0.2) is 60.7 Å². The standard InChI is InChI=1S/C20H27N3O.ClH/c1-17(19-11-7-4-8-12-19)22(2)20(24)16-23(14-13-21)15-18-9-5-3-6-10-18;/h3-12,17H,13-16,21H2,1-2H3;1H. The summed E-state index contributed by atoms with van der Waals surface area (Å²) in [5.41, 5.74) is 8.05. The van der Waals surface area contributed by atoms with E-state index < -0.39 is 0 Å². The van der Waals surface area contributed by atoms with Crippen LogP contribution < -0.4 is 5.73 Å². The van der Waals surface area contributed by atoms with E-state index >= 15 is 0 Å². The summed E-state index contributed by atoms with van der Waals surface area (Å²) in [4.78, 5) is 16.6. The zero-order valence-corrected chi connectivity index (χ0v) is 15.8. The predicted molar refractivity (Wildman–Crippen MR) is 106 cm³/mol. The second kappa shape index (κ2) is 10.9. The normalized spacial score (nSPS) is 11.7. The molecule has 0 aliphatic heterocycles. The summed E-state index contributed by atoms with van der Waals surface area (Å²) in [5.74, 6) is 0.107. The smallest absolute Gasteiger partial charge is 0.237 e. The molecule has 0 radical (unpaired) electrons. The third-order valence-electron chi connectivity index (χ3n) is 4.31. The minimum absolute atomic E-state index is 0. The van der Waals surface area contributed by atoms with E-state index in [4.69, 9.17) is 5.73 Å². The highest BCUT2D eigenvalue weighted by Crippen LogP contribution is 2.18. The van der Waals surface area contributed by atoms with E-state index in [0.29, 0.717) is 19.6 Å². The Balaban J connectivity index is 0.00000312. The van der Waals surface area contributed by atoms with Gasteiger partial charge in [-0.2, -0.15) is 0 Å². The van der Waals surface area contributed by atoms with Gasteiger partial charge in [0.05, 0.1) is 12.6 Å². The van der Waals surface area contributed by atoms with Crippen molar-refractivity contribution in [2.45, 2.75) is 19.5 Å². The molecule has 5 heteroatoms. The number of nitrogens with two attached hydrogens (primary N) is 1. The molecular formula is C20H28ClN3O. The van der Waals surface area contributed by atoms with Crippen LogP contribution in [0.2, 0.25) is 0 Å². The summed E-state index contributed by atoms with van der Waals surface area (Å²) < 4.78 is 0. The summed E-state index contributed by atoms with van der Waals surface area (Å²) in [7, 11) is 1.86. The number of carbonyl (C=O) groups excluding carboxylic acids is 1. The molecule has 2 aromatic carbocycles. The Bertz CT molecular complexity index is 621. The summed E-state index contributed by atoms with van der Waals surface area (Å²) in [6, 6.07) is 20.3. The fourth-order valence-electron chi connectivity index (χ4n) is 2.71. The highest BCUT2D eigenvalue weighted by Gasteiger charge is 2.19. The average Bonchev–Trinajstić information content (AvgIpc) is 2.62. The molecule has 4 nitrogen and oxygen atoms in total. The van der Waals surface area contributed by atoms with Gasteiger partial charge in [0, 0.05) is 26.7 Å². The molecule has 0 bridgehead atoms. The minimum atomic E-state index is 0. The van der Waals surface area contributed by atoms with Crippen molar-refractivity contribution in [2.75, 3.05) is 26.7 Å². The molecule has 1 amide bonds. The van der Waals surface area contributed by atoms with E-state index in [1.807, 2.05) is 48.3 Å². The van der Waals surface area contributed by atoms with Crippen LogP contribution >= 0.6 is 12.4 Å². The molecule has 2 N–H and O–H groups in total. The number of nitrogens with zero attached hydrogens (tertiary/aromatic N) is 2. The van der Waals surface area contributed by atoms with Crippen LogP contribution in [0, 0.1) is 0 Å². The molecule has 0 saturated carbocycles. The van der Waals surface area contributed by atoms with E-state index in [0.717, 1.165) is 12.1 Å². The lowest BCUT2D eigenvalue weighted by Gasteiger charge is -2.29. The number of rotatable bonds is 8. The van der Waals surface area contributed by atoms with Gasteiger partial charge in [0.1, 0.15) is 0 Å². The molecule has 2 aromatic rings. The summed E-state index contributed by atoms with van der Waals surface area (Å²) in [5, 5.41) is 0. The lowest BCUT2D eigenvalue weighted by atomic mass is 10.1. The molecule has 2 rings (SSSR count). The predicted octanol–water partition coefficient (Wildman–Crippen LogP) is 3.09. The molecule has 0 saturated heterocycles. The minimum Gasteiger partial charge on any atom is -0.338 e. The van der Waals surface area contributed by atoms with Crippen molar-refractivity contribution >= 4 is 18.3 Å². The van der Waals surface area contributed by atoms with Crippen molar-refractivity contribution < 1.29 is 4.79 Å². The van der Waals surface area contributed by atoms with E-state index in [9.17, 15) is 4.79 Å². The van der Waals surface area contributed by atoms with Gasteiger partial charge >= 0.3 is 0 Å². The first kappa shape index (κ1) is 21.2. The van der Waals surface area contributed by atoms with Crippen LogP contribution in [0.3, 0.4) is 0 Å². The summed E-state index contributed by atoms with van der Waals surface area (Å²) in [6.45, 7) is 4.40. The maximum atomic E-state index is 12.7.